The summed E-state index contributed by atoms with van der Waals surface area (Å²) in [5, 5.41) is 6.77. The molecule has 0 saturated heterocycles. The van der Waals surface area contributed by atoms with Crippen LogP contribution in [0.4, 0.5) is 13.2 Å². The third-order valence-corrected chi connectivity index (χ3v) is 5.44. The molecule has 0 aliphatic carbocycles. The minimum Gasteiger partial charge on any atom is -0.342 e. The molecule has 0 saturated carbocycles. The highest BCUT2D eigenvalue weighted by molar-refractivity contribution is 7.89. The summed E-state index contributed by atoms with van der Waals surface area (Å²) in [7, 11) is -3.47. The second-order valence-corrected chi connectivity index (χ2v) is 10.1. The van der Waals surface area contributed by atoms with Gasteiger partial charge in [-0.1, -0.05) is 23.2 Å². The van der Waals surface area contributed by atoms with Crippen molar-refractivity contribution in [1.82, 2.24) is 25.1 Å². The van der Waals surface area contributed by atoms with E-state index in [4.69, 9.17) is 23.2 Å². The Bertz CT molecular complexity index is 1290. The van der Waals surface area contributed by atoms with Crippen LogP contribution in [-0.2, 0) is 21.8 Å². The summed E-state index contributed by atoms with van der Waals surface area (Å²) in [6.07, 6.45) is -2.34. The van der Waals surface area contributed by atoms with Crippen LogP contribution < -0.4 is 5.32 Å². The van der Waals surface area contributed by atoms with Gasteiger partial charge in [-0.05, 0) is 37.3 Å². The smallest absolute Gasteiger partial charge is 0.342 e. The van der Waals surface area contributed by atoms with Gasteiger partial charge in [0.2, 0.25) is 0 Å². The van der Waals surface area contributed by atoms with Crippen molar-refractivity contribution < 1.29 is 26.4 Å². The van der Waals surface area contributed by atoms with Gasteiger partial charge in [-0.15, -0.1) is 5.10 Å². The van der Waals surface area contributed by atoms with Crippen LogP contribution in [0.2, 0.25) is 10.0 Å². The van der Waals surface area contributed by atoms with Crippen LogP contribution in [0.3, 0.4) is 0 Å². The van der Waals surface area contributed by atoms with Crippen LogP contribution >= 0.6 is 23.2 Å². The molecule has 3 aromatic rings. The maximum Gasteiger partial charge on any atom is 0.416 e. The number of aromatic nitrogens is 4. The second-order valence-electron chi connectivity index (χ2n) is 7.12. The summed E-state index contributed by atoms with van der Waals surface area (Å²) in [6, 6.07) is 4.62. The first kappa shape index (κ1) is 24.9. The normalized spacial score (nSPS) is 13.1. The Balaban J connectivity index is 1.96. The van der Waals surface area contributed by atoms with Crippen LogP contribution in [0.15, 0.2) is 36.5 Å². The van der Waals surface area contributed by atoms with Crippen molar-refractivity contribution in [3.8, 4) is 5.82 Å². The average Bonchev–Trinajstić information content (AvgIpc) is 3.09. The van der Waals surface area contributed by atoms with Crippen molar-refractivity contribution in [2.75, 3.05) is 6.26 Å². The van der Waals surface area contributed by atoms with Crippen molar-refractivity contribution in [3.63, 3.8) is 0 Å². The summed E-state index contributed by atoms with van der Waals surface area (Å²) in [4.78, 5) is 21.0. The number of rotatable bonds is 6. The fraction of sp³-hybridized carbons (Fsp3) is 0.263. The summed E-state index contributed by atoms with van der Waals surface area (Å²) >= 11 is 11.6. The van der Waals surface area contributed by atoms with E-state index in [2.05, 4.69) is 20.4 Å². The van der Waals surface area contributed by atoms with E-state index in [1.165, 1.54) is 29.9 Å². The van der Waals surface area contributed by atoms with Crippen molar-refractivity contribution >= 4 is 38.9 Å². The first-order valence-electron chi connectivity index (χ1n) is 9.17. The number of carbonyl (C=O) groups excluding carboxylic acids is 1. The number of hydrogen-bond acceptors (Lipinski definition) is 6. The molecule has 8 nitrogen and oxygen atoms in total. The quantitative estimate of drug-likeness (QED) is 0.524. The van der Waals surface area contributed by atoms with Gasteiger partial charge >= 0.3 is 6.18 Å². The van der Waals surface area contributed by atoms with Crippen molar-refractivity contribution in [2.24, 2.45) is 0 Å². The molecule has 176 valence electrons. The molecule has 0 aliphatic rings. The van der Waals surface area contributed by atoms with Gasteiger partial charge in [0.05, 0.1) is 16.6 Å². The zero-order chi connectivity index (χ0) is 24.6. The van der Waals surface area contributed by atoms with Gasteiger partial charge in [-0.3, -0.25) is 4.79 Å². The summed E-state index contributed by atoms with van der Waals surface area (Å²) in [5.74, 6) is -1.02. The minimum absolute atomic E-state index is 0.0486. The molecule has 1 amide bonds. The topological polar surface area (TPSA) is 107 Å². The maximum atomic E-state index is 13.1. The Labute approximate surface area is 196 Å². The molecule has 0 aliphatic heterocycles. The first-order valence-corrected chi connectivity index (χ1v) is 12.0. The molecule has 1 unspecified atom stereocenters. The lowest BCUT2D eigenvalue weighted by Gasteiger charge is -2.15. The molecule has 1 atom stereocenters. The number of nitrogens with one attached hydrogen (secondary N) is 1. The molecule has 33 heavy (non-hydrogen) atoms. The number of sulfone groups is 1. The Hall–Kier alpha value is -2.70. The lowest BCUT2D eigenvalue weighted by molar-refractivity contribution is -0.137. The molecule has 0 fully saturated rings. The molecule has 0 radical (unpaired) electrons. The van der Waals surface area contributed by atoms with Gasteiger partial charge in [0, 0.05) is 23.0 Å². The van der Waals surface area contributed by atoms with Crippen LogP contribution in [0.5, 0.6) is 0 Å². The molecule has 14 heteroatoms. The predicted molar refractivity (Wildman–Crippen MR) is 115 cm³/mol. The molecule has 2 aromatic heterocycles. The van der Waals surface area contributed by atoms with Crippen LogP contribution in [-0.4, -0.2) is 40.3 Å². The standard InChI is InChI=1S/C19H16Cl2F3N5O3S/c1-10(26-18(30)11-5-12(19(22,23)24)7-14(21)6-11)17-27-15(9-33(2,31)32)28-29(17)16-4-3-13(20)8-25-16/h3-8,10H,9H2,1-2H3,(H,26,30). The van der Waals surface area contributed by atoms with Crippen LogP contribution in [0.25, 0.3) is 5.82 Å². The van der Waals surface area contributed by atoms with Gasteiger partial charge in [-0.25, -0.2) is 18.4 Å². The average molecular weight is 522 g/mol. The van der Waals surface area contributed by atoms with E-state index in [0.29, 0.717) is 17.2 Å². The molecular formula is C19H16Cl2F3N5O3S. The Kier molecular flexibility index (Phi) is 7.01. The third-order valence-electron chi connectivity index (χ3n) is 4.22. The molecular weight excluding hydrogens is 506 g/mol. The number of pyridine rings is 1. The zero-order valence-corrected chi connectivity index (χ0v) is 19.4. The highest BCUT2D eigenvalue weighted by Crippen LogP contribution is 2.32. The molecule has 1 aromatic carbocycles. The van der Waals surface area contributed by atoms with Crippen molar-refractivity contribution in [2.45, 2.75) is 24.9 Å². The van der Waals surface area contributed by atoms with Crippen molar-refractivity contribution in [1.29, 1.82) is 0 Å². The van der Waals surface area contributed by atoms with Gasteiger partial charge in [0.15, 0.2) is 27.3 Å². The van der Waals surface area contributed by atoms with E-state index in [-0.39, 0.29) is 28.1 Å². The second kappa shape index (κ2) is 9.27. The lowest BCUT2D eigenvalue weighted by atomic mass is 10.1. The highest BCUT2D eigenvalue weighted by Gasteiger charge is 2.32. The van der Waals surface area contributed by atoms with E-state index in [9.17, 15) is 26.4 Å². The number of hydrogen-bond donors (Lipinski definition) is 1. The van der Waals surface area contributed by atoms with Gasteiger partial charge in [0.25, 0.3) is 5.91 Å². The Morgan fingerprint density at radius 2 is 1.88 bits per heavy atom. The van der Waals surface area contributed by atoms with E-state index >= 15 is 0 Å². The van der Waals surface area contributed by atoms with E-state index in [1.54, 1.807) is 0 Å². The van der Waals surface area contributed by atoms with Crippen LogP contribution in [0.1, 0.15) is 40.5 Å². The third kappa shape index (κ3) is 6.42. The van der Waals surface area contributed by atoms with Gasteiger partial charge in [-0.2, -0.15) is 17.9 Å². The van der Waals surface area contributed by atoms with Gasteiger partial charge < -0.3 is 5.32 Å². The number of halogens is 5. The number of amides is 1. The molecule has 2 heterocycles. The fourth-order valence-corrected chi connectivity index (χ4v) is 3.77. The van der Waals surface area contributed by atoms with Crippen molar-refractivity contribution in [3.05, 3.63) is 69.3 Å². The van der Waals surface area contributed by atoms with Gasteiger partial charge in [0.1, 0.15) is 5.75 Å². The number of alkyl halides is 3. The van der Waals surface area contributed by atoms with E-state index in [0.717, 1.165) is 12.3 Å². The lowest BCUT2D eigenvalue weighted by Crippen LogP contribution is -2.29. The Morgan fingerprint density at radius 3 is 2.45 bits per heavy atom. The number of nitrogens with zero attached hydrogens (tertiary/aromatic N) is 4. The Morgan fingerprint density at radius 1 is 1.18 bits per heavy atom. The molecule has 3 rings (SSSR count). The van der Waals surface area contributed by atoms with E-state index < -0.39 is 39.3 Å². The molecule has 1 N–H and O–H groups in total. The summed E-state index contributed by atoms with van der Waals surface area (Å²) < 4.78 is 63.8. The summed E-state index contributed by atoms with van der Waals surface area (Å²) in [5.41, 5.74) is -1.38. The maximum absolute atomic E-state index is 13.1. The largest absolute Gasteiger partial charge is 0.416 e. The monoisotopic (exact) mass is 521 g/mol. The predicted octanol–water partition coefficient (Wildman–Crippen LogP) is 4.02. The zero-order valence-electron chi connectivity index (χ0n) is 17.1. The first-order chi connectivity index (χ1) is 15.2. The van der Waals surface area contributed by atoms with Crippen LogP contribution in [0, 0.1) is 0 Å². The molecule has 0 bridgehead atoms. The van der Waals surface area contributed by atoms with E-state index in [1.807, 2.05) is 0 Å². The SMILES string of the molecule is CC(NC(=O)c1cc(Cl)cc(C(F)(F)F)c1)c1nc(CS(C)(=O)=O)nn1-c1ccc(Cl)cn1. The fourth-order valence-electron chi connectivity index (χ4n) is 2.84. The number of benzene rings is 1. The molecule has 0 spiro atoms. The summed E-state index contributed by atoms with van der Waals surface area (Å²) in [6.45, 7) is 1.51. The minimum atomic E-state index is -4.69. The highest BCUT2D eigenvalue weighted by atomic mass is 35.5. The number of carbonyl (C=O) groups is 1.